The molecule has 122 valence electrons. The predicted molar refractivity (Wildman–Crippen MR) is 93.0 cm³/mol. The minimum Gasteiger partial charge on any atom is -0.360 e. The summed E-state index contributed by atoms with van der Waals surface area (Å²) in [5.74, 6) is 0.260. The number of nitrogens with zero attached hydrogens (tertiary/aromatic N) is 1. The Balaban J connectivity index is 1.96. The number of Topliss-reactive ketones (excluding diaryl/α,β-unsaturated/α-hetero) is 1. The first kappa shape index (κ1) is 15.8. The van der Waals surface area contributed by atoms with Crippen molar-refractivity contribution in [3.8, 4) is 0 Å². The number of rotatable bonds is 5. The molecule has 1 aliphatic carbocycles. The summed E-state index contributed by atoms with van der Waals surface area (Å²) in [6.45, 7) is 3.64. The summed E-state index contributed by atoms with van der Waals surface area (Å²) in [4.78, 5) is 29.4. The van der Waals surface area contributed by atoms with Gasteiger partial charge in [0.1, 0.15) is 0 Å². The molecule has 4 heteroatoms. The number of nitrogens with one attached hydrogen (secondary N) is 1. The predicted octanol–water partition coefficient (Wildman–Crippen LogP) is 4.45. The fourth-order valence-corrected chi connectivity index (χ4v) is 3.67. The van der Waals surface area contributed by atoms with Crippen LogP contribution in [-0.2, 0) is 4.79 Å². The van der Waals surface area contributed by atoms with Crippen molar-refractivity contribution in [1.29, 1.82) is 0 Å². The van der Waals surface area contributed by atoms with Crippen molar-refractivity contribution in [2.75, 3.05) is 4.90 Å². The molecule has 0 bridgehead atoms. The number of hydrogen-bond acceptors (Lipinski definition) is 2. The zero-order valence-electron chi connectivity index (χ0n) is 13.9. The Morgan fingerprint density at radius 1 is 1.26 bits per heavy atom. The number of benzene rings is 1. The van der Waals surface area contributed by atoms with E-state index in [1.165, 1.54) is 12.8 Å². The quantitative estimate of drug-likeness (QED) is 0.829. The van der Waals surface area contributed by atoms with Crippen LogP contribution in [0.1, 0.15) is 62.7 Å². The first-order valence-electron chi connectivity index (χ1n) is 8.56. The van der Waals surface area contributed by atoms with Gasteiger partial charge in [-0.15, -0.1) is 0 Å². The second kappa shape index (κ2) is 6.57. The van der Waals surface area contributed by atoms with Crippen molar-refractivity contribution in [3.63, 3.8) is 0 Å². The first-order chi connectivity index (χ1) is 11.1. The number of hydrogen-bond donors (Lipinski definition) is 1. The van der Waals surface area contributed by atoms with Gasteiger partial charge >= 0.3 is 0 Å². The number of H-pyrrole nitrogens is 1. The van der Waals surface area contributed by atoms with Crippen LogP contribution in [0.5, 0.6) is 0 Å². The number of carbonyl (C=O) groups is 2. The van der Waals surface area contributed by atoms with Crippen molar-refractivity contribution in [2.24, 2.45) is 0 Å². The van der Waals surface area contributed by atoms with Crippen LogP contribution < -0.4 is 4.90 Å². The lowest BCUT2D eigenvalue weighted by atomic mass is 10.0. The molecule has 0 aliphatic heterocycles. The van der Waals surface area contributed by atoms with Crippen LogP contribution in [0.2, 0.25) is 0 Å². The van der Waals surface area contributed by atoms with Crippen LogP contribution in [0.15, 0.2) is 24.4 Å². The molecule has 1 fully saturated rings. The Kier molecular flexibility index (Phi) is 4.51. The van der Waals surface area contributed by atoms with Gasteiger partial charge in [-0.25, -0.2) is 0 Å². The van der Waals surface area contributed by atoms with Gasteiger partial charge in [0.05, 0.1) is 0 Å². The summed E-state index contributed by atoms with van der Waals surface area (Å²) in [6, 6.07) is 6.24. The van der Waals surface area contributed by atoms with E-state index in [0.29, 0.717) is 12.5 Å². The molecule has 2 aromatic rings. The van der Waals surface area contributed by atoms with Gasteiger partial charge in [0.25, 0.3) is 0 Å². The van der Waals surface area contributed by atoms with Crippen LogP contribution in [-0.4, -0.2) is 22.7 Å². The molecule has 0 radical (unpaired) electrons. The lowest BCUT2D eigenvalue weighted by Gasteiger charge is -2.28. The molecule has 4 nitrogen and oxygen atoms in total. The molecule has 0 atom stereocenters. The molecule has 1 saturated carbocycles. The lowest BCUT2D eigenvalue weighted by molar-refractivity contribution is -0.117. The van der Waals surface area contributed by atoms with Crippen molar-refractivity contribution in [2.45, 2.75) is 58.4 Å². The standard InChI is InChI=1S/C19H24N2O2/c1-3-6-19(23)17-12-20-18-11-15(9-10-16(17)18)21(13(2)22)14-7-4-5-8-14/h9-12,14,20H,3-8H2,1-2H3. The fraction of sp³-hybridized carbons (Fsp3) is 0.474. The molecule has 3 rings (SSSR count). The normalized spacial score (nSPS) is 15.2. The van der Waals surface area contributed by atoms with E-state index in [1.54, 1.807) is 13.1 Å². The largest absolute Gasteiger partial charge is 0.360 e. The van der Waals surface area contributed by atoms with Gasteiger partial charge in [-0.05, 0) is 31.4 Å². The third-order valence-corrected chi connectivity index (χ3v) is 4.75. The summed E-state index contributed by atoms with van der Waals surface area (Å²) in [6.07, 6.45) is 7.73. The second-order valence-electron chi connectivity index (χ2n) is 6.43. The van der Waals surface area contributed by atoms with Crippen molar-refractivity contribution in [3.05, 3.63) is 30.0 Å². The van der Waals surface area contributed by atoms with E-state index < -0.39 is 0 Å². The first-order valence-corrected chi connectivity index (χ1v) is 8.56. The Labute approximate surface area is 136 Å². The zero-order valence-corrected chi connectivity index (χ0v) is 13.9. The monoisotopic (exact) mass is 312 g/mol. The minimum atomic E-state index is 0.0880. The average molecular weight is 312 g/mol. The highest BCUT2D eigenvalue weighted by atomic mass is 16.2. The maximum absolute atomic E-state index is 12.2. The van der Waals surface area contributed by atoms with Gasteiger partial charge in [0.15, 0.2) is 5.78 Å². The number of anilines is 1. The summed E-state index contributed by atoms with van der Waals surface area (Å²) in [5.41, 5.74) is 2.60. The molecule has 1 amide bonds. The molecule has 1 N–H and O–H groups in total. The average Bonchev–Trinajstić information content (AvgIpc) is 3.16. The SMILES string of the molecule is CCCC(=O)c1c[nH]c2cc(N(C(C)=O)C3CCCC3)ccc12. The third-order valence-electron chi connectivity index (χ3n) is 4.75. The van der Waals surface area contributed by atoms with Crippen LogP contribution in [0.3, 0.4) is 0 Å². The highest BCUT2D eigenvalue weighted by Crippen LogP contribution is 2.31. The number of aromatic amines is 1. The Morgan fingerprint density at radius 2 is 2.00 bits per heavy atom. The number of amides is 1. The molecule has 0 spiro atoms. The molecule has 1 aromatic carbocycles. The third kappa shape index (κ3) is 3.03. The van der Waals surface area contributed by atoms with E-state index in [2.05, 4.69) is 4.98 Å². The van der Waals surface area contributed by atoms with Gasteiger partial charge in [-0.1, -0.05) is 25.8 Å². The van der Waals surface area contributed by atoms with E-state index in [9.17, 15) is 9.59 Å². The van der Waals surface area contributed by atoms with Crippen molar-refractivity contribution in [1.82, 2.24) is 4.98 Å². The maximum atomic E-state index is 12.2. The van der Waals surface area contributed by atoms with Crippen LogP contribution >= 0.6 is 0 Å². The highest BCUT2D eigenvalue weighted by Gasteiger charge is 2.26. The molecule has 0 unspecified atom stereocenters. The fourth-order valence-electron chi connectivity index (χ4n) is 3.67. The molecule has 23 heavy (non-hydrogen) atoms. The molecule has 0 saturated heterocycles. The molecular weight excluding hydrogens is 288 g/mol. The molecule has 1 aromatic heterocycles. The summed E-state index contributed by atoms with van der Waals surface area (Å²) < 4.78 is 0. The number of ketones is 1. The van der Waals surface area contributed by atoms with Crippen LogP contribution in [0.25, 0.3) is 10.9 Å². The van der Waals surface area contributed by atoms with Gasteiger partial charge in [0.2, 0.25) is 5.91 Å². The number of fused-ring (bicyclic) bond motifs is 1. The van der Waals surface area contributed by atoms with Crippen LogP contribution in [0, 0.1) is 0 Å². The lowest BCUT2D eigenvalue weighted by Crippen LogP contribution is -2.37. The topological polar surface area (TPSA) is 53.2 Å². The van der Waals surface area contributed by atoms with E-state index >= 15 is 0 Å². The van der Waals surface area contributed by atoms with E-state index in [0.717, 1.165) is 41.4 Å². The Bertz CT molecular complexity index is 726. The highest BCUT2D eigenvalue weighted by molar-refractivity contribution is 6.08. The number of aromatic nitrogens is 1. The van der Waals surface area contributed by atoms with E-state index in [-0.39, 0.29) is 11.7 Å². The van der Waals surface area contributed by atoms with Gasteiger partial charge in [0, 0.05) is 47.7 Å². The smallest absolute Gasteiger partial charge is 0.224 e. The van der Waals surface area contributed by atoms with Gasteiger partial charge in [-0.2, -0.15) is 0 Å². The van der Waals surface area contributed by atoms with E-state index in [1.807, 2.05) is 30.0 Å². The Morgan fingerprint density at radius 3 is 2.65 bits per heavy atom. The molecule has 1 heterocycles. The van der Waals surface area contributed by atoms with Crippen molar-refractivity contribution >= 4 is 28.3 Å². The summed E-state index contributed by atoms with van der Waals surface area (Å²) in [5, 5.41) is 0.946. The molecule has 1 aliphatic rings. The summed E-state index contributed by atoms with van der Waals surface area (Å²) in [7, 11) is 0. The van der Waals surface area contributed by atoms with Gasteiger partial charge < -0.3 is 9.88 Å². The second-order valence-corrected chi connectivity index (χ2v) is 6.43. The van der Waals surface area contributed by atoms with Gasteiger partial charge in [-0.3, -0.25) is 9.59 Å². The zero-order chi connectivity index (χ0) is 16.4. The number of carbonyl (C=O) groups excluding carboxylic acids is 2. The van der Waals surface area contributed by atoms with Crippen LogP contribution in [0.4, 0.5) is 5.69 Å². The summed E-state index contributed by atoms with van der Waals surface area (Å²) >= 11 is 0. The minimum absolute atomic E-state index is 0.0880. The van der Waals surface area contributed by atoms with E-state index in [4.69, 9.17) is 0 Å². The Hall–Kier alpha value is -2.10. The van der Waals surface area contributed by atoms with Crippen molar-refractivity contribution < 1.29 is 9.59 Å². The maximum Gasteiger partial charge on any atom is 0.224 e. The molecular formula is C19H24N2O2.